The molecule has 1 amide bonds. The first-order valence-electron chi connectivity index (χ1n) is 8.79. The van der Waals surface area contributed by atoms with E-state index in [1.807, 2.05) is 66.2 Å². The Balaban J connectivity index is 1.64. The molecule has 1 aromatic carbocycles. The predicted octanol–water partition coefficient (Wildman–Crippen LogP) is 4.86. The highest BCUT2D eigenvalue weighted by Gasteiger charge is 2.18. The van der Waals surface area contributed by atoms with Gasteiger partial charge in [0.1, 0.15) is 0 Å². The molecule has 2 aromatic heterocycles. The van der Waals surface area contributed by atoms with Crippen LogP contribution in [0, 0.1) is 6.92 Å². The van der Waals surface area contributed by atoms with E-state index >= 15 is 0 Å². The largest absolute Gasteiger partial charge is 0.452 e. The first-order chi connectivity index (χ1) is 13.5. The fraction of sp³-hybridized carbons (Fsp3) is 0.182. The number of carbonyl (C=O) groups excluding carboxylic acids is 2. The van der Waals surface area contributed by atoms with Gasteiger partial charge in [-0.25, -0.2) is 4.79 Å². The number of carbonyl (C=O) groups is 2. The van der Waals surface area contributed by atoms with Crippen LogP contribution >= 0.6 is 22.7 Å². The number of hydrogen-bond donors (Lipinski definition) is 0. The van der Waals surface area contributed by atoms with E-state index in [0.29, 0.717) is 12.1 Å². The molecule has 0 fully saturated rings. The van der Waals surface area contributed by atoms with Crippen molar-refractivity contribution in [1.82, 2.24) is 4.90 Å². The van der Waals surface area contributed by atoms with Gasteiger partial charge in [0.25, 0.3) is 5.91 Å². The smallest absolute Gasteiger partial charge is 0.340 e. The molecular weight excluding hydrogens is 390 g/mol. The first-order valence-corrected chi connectivity index (χ1v) is 10.5. The number of amides is 1. The van der Waals surface area contributed by atoms with E-state index in [1.54, 1.807) is 29.4 Å². The van der Waals surface area contributed by atoms with Crippen LogP contribution in [0.1, 0.15) is 20.9 Å². The number of thiophene rings is 2. The highest BCUT2D eigenvalue weighted by molar-refractivity contribution is 7.12. The van der Waals surface area contributed by atoms with Crippen molar-refractivity contribution in [1.29, 1.82) is 0 Å². The van der Waals surface area contributed by atoms with Gasteiger partial charge in [-0.1, -0.05) is 36.4 Å². The Bertz CT molecular complexity index is 960. The summed E-state index contributed by atoms with van der Waals surface area (Å²) in [4.78, 5) is 28.4. The Hall–Kier alpha value is -2.70. The molecule has 0 N–H and O–H groups in total. The maximum absolute atomic E-state index is 12.7. The number of hydrogen-bond acceptors (Lipinski definition) is 5. The average molecular weight is 412 g/mol. The van der Waals surface area contributed by atoms with E-state index in [2.05, 4.69) is 0 Å². The molecule has 6 heteroatoms. The third-order valence-corrected chi connectivity index (χ3v) is 5.98. The molecule has 0 bridgehead atoms. The van der Waals surface area contributed by atoms with Gasteiger partial charge in [0.2, 0.25) is 0 Å². The summed E-state index contributed by atoms with van der Waals surface area (Å²) >= 11 is 3.01. The lowest BCUT2D eigenvalue weighted by Gasteiger charge is -2.18. The summed E-state index contributed by atoms with van der Waals surface area (Å²) in [5.41, 5.74) is 2.66. The molecular formula is C22H21NO3S2. The van der Waals surface area contributed by atoms with Gasteiger partial charge in [-0.05, 0) is 47.0 Å². The van der Waals surface area contributed by atoms with Crippen LogP contribution < -0.4 is 0 Å². The minimum atomic E-state index is -0.492. The fourth-order valence-electron chi connectivity index (χ4n) is 2.62. The average Bonchev–Trinajstić information content (AvgIpc) is 3.39. The Morgan fingerprint density at radius 3 is 2.46 bits per heavy atom. The van der Waals surface area contributed by atoms with Crippen LogP contribution in [0.25, 0.3) is 11.6 Å². The highest BCUT2D eigenvalue weighted by atomic mass is 32.1. The molecule has 0 aliphatic carbocycles. The lowest BCUT2D eigenvalue weighted by Crippen LogP contribution is -2.31. The molecule has 0 radical (unpaired) electrons. The minimum absolute atomic E-state index is 0.238. The number of ether oxygens (including phenoxy) is 1. The van der Waals surface area contributed by atoms with Gasteiger partial charge in [0.05, 0.1) is 5.57 Å². The summed E-state index contributed by atoms with van der Waals surface area (Å²) in [7, 11) is 1.71. The van der Waals surface area contributed by atoms with Gasteiger partial charge in [0.15, 0.2) is 6.61 Å². The lowest BCUT2D eigenvalue weighted by molar-refractivity contribution is -0.147. The lowest BCUT2D eigenvalue weighted by atomic mass is 10.1. The third-order valence-electron chi connectivity index (χ3n) is 4.26. The van der Waals surface area contributed by atoms with Crippen molar-refractivity contribution in [2.24, 2.45) is 0 Å². The second kappa shape index (κ2) is 9.48. The fourth-order valence-corrected chi connectivity index (χ4v) is 4.01. The zero-order valence-corrected chi connectivity index (χ0v) is 17.4. The summed E-state index contributed by atoms with van der Waals surface area (Å²) < 4.78 is 5.34. The summed E-state index contributed by atoms with van der Waals surface area (Å²) in [5.74, 6) is -0.730. The second-order valence-corrected chi connectivity index (χ2v) is 8.23. The molecule has 3 aromatic rings. The van der Waals surface area contributed by atoms with Gasteiger partial charge < -0.3 is 9.64 Å². The number of esters is 1. The molecule has 0 spiro atoms. The molecule has 3 rings (SSSR count). The van der Waals surface area contributed by atoms with Gasteiger partial charge in [-0.2, -0.15) is 0 Å². The Labute approximate surface area is 172 Å². The van der Waals surface area contributed by atoms with E-state index in [-0.39, 0.29) is 12.5 Å². The van der Waals surface area contributed by atoms with Crippen molar-refractivity contribution in [2.45, 2.75) is 13.5 Å². The summed E-state index contributed by atoms with van der Waals surface area (Å²) in [6, 6.07) is 15.5. The Morgan fingerprint density at radius 2 is 1.79 bits per heavy atom. The van der Waals surface area contributed by atoms with E-state index in [9.17, 15) is 9.59 Å². The zero-order chi connectivity index (χ0) is 19.9. The van der Waals surface area contributed by atoms with E-state index in [4.69, 9.17) is 4.74 Å². The van der Waals surface area contributed by atoms with Crippen LogP contribution in [0.3, 0.4) is 0 Å². The van der Waals surface area contributed by atoms with Crippen molar-refractivity contribution >= 4 is 46.2 Å². The van der Waals surface area contributed by atoms with Crippen molar-refractivity contribution in [2.75, 3.05) is 13.7 Å². The number of nitrogens with zero attached hydrogens (tertiary/aromatic N) is 1. The van der Waals surface area contributed by atoms with Crippen LogP contribution in [0.15, 0.2) is 59.3 Å². The molecule has 0 atom stereocenters. The normalized spacial score (nSPS) is 11.3. The molecule has 0 saturated heterocycles. The number of likely N-dealkylation sites (N-methyl/N-ethyl adjacent to an activating group) is 1. The summed E-state index contributed by atoms with van der Waals surface area (Å²) in [6.45, 7) is 2.20. The van der Waals surface area contributed by atoms with Crippen molar-refractivity contribution in [3.8, 4) is 0 Å². The molecule has 144 valence electrons. The van der Waals surface area contributed by atoms with Crippen LogP contribution in [-0.2, 0) is 20.9 Å². The molecule has 28 heavy (non-hydrogen) atoms. The second-order valence-electron chi connectivity index (χ2n) is 6.30. The molecule has 0 unspecified atom stereocenters. The van der Waals surface area contributed by atoms with Crippen LogP contribution in [0.4, 0.5) is 0 Å². The zero-order valence-electron chi connectivity index (χ0n) is 15.8. The van der Waals surface area contributed by atoms with Crippen molar-refractivity contribution in [3.63, 3.8) is 0 Å². The van der Waals surface area contributed by atoms with Crippen molar-refractivity contribution in [3.05, 3.63) is 80.2 Å². The number of benzene rings is 1. The summed E-state index contributed by atoms with van der Waals surface area (Å²) in [6.07, 6.45) is 1.81. The van der Waals surface area contributed by atoms with Crippen molar-refractivity contribution < 1.29 is 14.3 Å². The quantitative estimate of drug-likeness (QED) is 0.412. The Kier molecular flexibility index (Phi) is 6.79. The number of aryl methyl sites for hydroxylation is 1. The van der Waals surface area contributed by atoms with Crippen LogP contribution in [0.5, 0.6) is 0 Å². The number of rotatable bonds is 7. The van der Waals surface area contributed by atoms with Gasteiger partial charge >= 0.3 is 5.97 Å². The first kappa shape index (κ1) is 20.0. The maximum atomic E-state index is 12.7. The molecule has 0 aliphatic rings. The van der Waals surface area contributed by atoms with Gasteiger partial charge in [-0.3, -0.25) is 4.79 Å². The van der Waals surface area contributed by atoms with Gasteiger partial charge in [0, 0.05) is 23.3 Å². The van der Waals surface area contributed by atoms with E-state index in [1.165, 1.54) is 11.3 Å². The third kappa shape index (κ3) is 5.18. The standard InChI is InChI=1S/C22H21NO3S2/c1-16-7-3-4-8-17(16)14-23(2)21(24)15-26-22(25)19(20-10-6-12-28-20)13-18-9-5-11-27-18/h3-13H,14-15H2,1-2H3/b19-13+. The highest BCUT2D eigenvalue weighted by Crippen LogP contribution is 2.25. The van der Waals surface area contributed by atoms with Crippen LogP contribution in [0.2, 0.25) is 0 Å². The minimum Gasteiger partial charge on any atom is -0.452 e. The monoisotopic (exact) mass is 411 g/mol. The SMILES string of the molecule is Cc1ccccc1CN(C)C(=O)COC(=O)/C(=C/c1cccs1)c1cccs1. The summed E-state index contributed by atoms with van der Waals surface area (Å²) in [5, 5.41) is 3.86. The predicted molar refractivity (Wildman–Crippen MR) is 115 cm³/mol. The Morgan fingerprint density at radius 1 is 1.04 bits per heavy atom. The van der Waals surface area contributed by atoms with E-state index in [0.717, 1.165) is 20.9 Å². The molecule has 4 nitrogen and oxygen atoms in total. The topological polar surface area (TPSA) is 46.6 Å². The van der Waals surface area contributed by atoms with Crippen LogP contribution in [-0.4, -0.2) is 30.4 Å². The molecule has 0 aliphatic heterocycles. The van der Waals surface area contributed by atoms with Gasteiger partial charge in [-0.15, -0.1) is 22.7 Å². The van der Waals surface area contributed by atoms with E-state index < -0.39 is 5.97 Å². The molecule has 0 saturated carbocycles. The molecule has 2 heterocycles. The maximum Gasteiger partial charge on any atom is 0.340 e.